The van der Waals surface area contributed by atoms with Crippen LogP contribution in [0.15, 0.2) is 18.2 Å². The minimum Gasteiger partial charge on any atom is -0.496 e. The minimum absolute atomic E-state index is 0.496. The van der Waals surface area contributed by atoms with Crippen molar-refractivity contribution in [3.8, 4) is 5.75 Å². The Kier molecular flexibility index (Phi) is 5.29. The zero-order valence-corrected chi connectivity index (χ0v) is 10.3. The third kappa shape index (κ3) is 3.83. The summed E-state index contributed by atoms with van der Waals surface area (Å²) in [7, 11) is 1.66. The summed E-state index contributed by atoms with van der Waals surface area (Å²) in [6.07, 6.45) is 0. The van der Waals surface area contributed by atoms with E-state index in [1.807, 2.05) is 18.2 Å². The molecule has 0 heterocycles. The third-order valence-corrected chi connectivity index (χ3v) is 2.29. The molecule has 0 fully saturated rings. The summed E-state index contributed by atoms with van der Waals surface area (Å²) in [6, 6.07) is 6.01. The first-order chi connectivity index (χ1) is 7.67. The molecule has 16 heavy (non-hydrogen) atoms. The molecule has 0 bridgehead atoms. The van der Waals surface area contributed by atoms with Gasteiger partial charge in [0.2, 0.25) is 0 Å². The molecule has 1 rings (SSSR count). The first-order valence-electron chi connectivity index (χ1n) is 5.61. The van der Waals surface area contributed by atoms with E-state index in [0.717, 1.165) is 23.5 Å². The van der Waals surface area contributed by atoms with Gasteiger partial charge in [-0.3, -0.25) is 0 Å². The monoisotopic (exact) mass is 223 g/mol. The zero-order valence-electron chi connectivity index (χ0n) is 10.3. The number of hydrogen-bond acceptors (Lipinski definition) is 3. The first kappa shape index (κ1) is 13.0. The number of hydrogen-bond donors (Lipinski definition) is 1. The zero-order chi connectivity index (χ0) is 12.0. The summed E-state index contributed by atoms with van der Waals surface area (Å²) < 4.78 is 10.8. The summed E-state index contributed by atoms with van der Waals surface area (Å²) in [5.41, 5.74) is 7.75. The van der Waals surface area contributed by atoms with Crippen LogP contribution < -0.4 is 10.5 Å². The van der Waals surface area contributed by atoms with Gasteiger partial charge in [0.05, 0.1) is 13.7 Å². The van der Waals surface area contributed by atoms with Crippen molar-refractivity contribution in [2.75, 3.05) is 13.7 Å². The van der Waals surface area contributed by atoms with Crippen molar-refractivity contribution in [2.45, 2.75) is 27.0 Å². The van der Waals surface area contributed by atoms with Crippen molar-refractivity contribution >= 4 is 0 Å². The van der Waals surface area contributed by atoms with E-state index in [2.05, 4.69) is 13.8 Å². The summed E-state index contributed by atoms with van der Waals surface area (Å²) in [4.78, 5) is 0. The van der Waals surface area contributed by atoms with Crippen molar-refractivity contribution in [3.63, 3.8) is 0 Å². The van der Waals surface area contributed by atoms with E-state index in [-0.39, 0.29) is 0 Å². The average molecular weight is 223 g/mol. The molecule has 3 nitrogen and oxygen atoms in total. The van der Waals surface area contributed by atoms with Gasteiger partial charge in [0.25, 0.3) is 0 Å². The fourth-order valence-electron chi connectivity index (χ4n) is 1.46. The van der Waals surface area contributed by atoms with Crippen LogP contribution in [0.3, 0.4) is 0 Å². The minimum atomic E-state index is 0.496. The molecule has 0 aromatic heterocycles. The lowest BCUT2D eigenvalue weighted by atomic mass is 10.1. The second-order valence-electron chi connectivity index (χ2n) is 4.26. The van der Waals surface area contributed by atoms with Crippen LogP contribution in [0.2, 0.25) is 0 Å². The van der Waals surface area contributed by atoms with Gasteiger partial charge in [0, 0.05) is 18.7 Å². The SMILES string of the molecule is COc1cc(COCC(C)C)ccc1CN. The van der Waals surface area contributed by atoms with E-state index < -0.39 is 0 Å². The van der Waals surface area contributed by atoms with Crippen molar-refractivity contribution < 1.29 is 9.47 Å². The molecule has 0 saturated carbocycles. The molecule has 3 heteroatoms. The lowest BCUT2D eigenvalue weighted by Gasteiger charge is -2.10. The Morgan fingerprint density at radius 1 is 1.31 bits per heavy atom. The van der Waals surface area contributed by atoms with Crippen LogP contribution in [-0.4, -0.2) is 13.7 Å². The van der Waals surface area contributed by atoms with Gasteiger partial charge >= 0.3 is 0 Å². The molecule has 0 spiro atoms. The summed E-state index contributed by atoms with van der Waals surface area (Å²) in [5.74, 6) is 1.40. The van der Waals surface area contributed by atoms with Crippen LogP contribution in [0.5, 0.6) is 5.75 Å². The highest BCUT2D eigenvalue weighted by Crippen LogP contribution is 2.20. The molecule has 0 saturated heterocycles. The van der Waals surface area contributed by atoms with E-state index in [9.17, 15) is 0 Å². The van der Waals surface area contributed by atoms with Crippen molar-refractivity contribution in [1.82, 2.24) is 0 Å². The maximum absolute atomic E-state index is 5.60. The van der Waals surface area contributed by atoms with E-state index in [0.29, 0.717) is 19.1 Å². The summed E-state index contributed by atoms with van der Waals surface area (Å²) >= 11 is 0. The maximum atomic E-state index is 5.60. The molecular weight excluding hydrogens is 202 g/mol. The van der Waals surface area contributed by atoms with E-state index >= 15 is 0 Å². The average Bonchev–Trinajstić information content (AvgIpc) is 2.28. The van der Waals surface area contributed by atoms with Gasteiger partial charge in [-0.15, -0.1) is 0 Å². The lowest BCUT2D eigenvalue weighted by molar-refractivity contribution is 0.0969. The van der Waals surface area contributed by atoms with Crippen LogP contribution in [0, 0.1) is 5.92 Å². The Balaban J connectivity index is 2.60. The van der Waals surface area contributed by atoms with Crippen LogP contribution in [0.25, 0.3) is 0 Å². The number of benzene rings is 1. The number of methoxy groups -OCH3 is 1. The highest BCUT2D eigenvalue weighted by Gasteiger charge is 2.03. The number of rotatable bonds is 6. The molecule has 0 aliphatic rings. The van der Waals surface area contributed by atoms with Gasteiger partial charge in [-0.25, -0.2) is 0 Å². The topological polar surface area (TPSA) is 44.5 Å². The van der Waals surface area contributed by atoms with Gasteiger partial charge < -0.3 is 15.2 Å². The molecular formula is C13H21NO2. The Hall–Kier alpha value is -1.06. The molecule has 0 unspecified atom stereocenters. The molecule has 0 atom stereocenters. The van der Waals surface area contributed by atoms with Gasteiger partial charge in [0.1, 0.15) is 5.75 Å². The molecule has 0 amide bonds. The van der Waals surface area contributed by atoms with Gasteiger partial charge in [-0.1, -0.05) is 26.0 Å². The Morgan fingerprint density at radius 3 is 2.62 bits per heavy atom. The fourth-order valence-corrected chi connectivity index (χ4v) is 1.46. The Morgan fingerprint density at radius 2 is 2.06 bits per heavy atom. The van der Waals surface area contributed by atoms with Crippen LogP contribution in [-0.2, 0) is 17.9 Å². The lowest BCUT2D eigenvalue weighted by Crippen LogP contribution is -2.04. The highest BCUT2D eigenvalue weighted by molar-refractivity contribution is 5.37. The maximum Gasteiger partial charge on any atom is 0.123 e. The largest absolute Gasteiger partial charge is 0.496 e. The van der Waals surface area contributed by atoms with Gasteiger partial charge in [-0.2, -0.15) is 0 Å². The normalized spacial score (nSPS) is 10.8. The number of nitrogens with two attached hydrogens (primary N) is 1. The Labute approximate surface area is 97.6 Å². The van der Waals surface area contributed by atoms with E-state index in [1.165, 1.54) is 0 Å². The number of ether oxygens (including phenoxy) is 2. The van der Waals surface area contributed by atoms with Gasteiger partial charge in [-0.05, 0) is 17.5 Å². The fraction of sp³-hybridized carbons (Fsp3) is 0.538. The standard InChI is InChI=1S/C13H21NO2/c1-10(2)8-16-9-11-4-5-12(7-14)13(6-11)15-3/h4-6,10H,7-9,14H2,1-3H3. The molecule has 0 radical (unpaired) electrons. The quantitative estimate of drug-likeness (QED) is 0.805. The first-order valence-corrected chi connectivity index (χ1v) is 5.61. The van der Waals surface area contributed by atoms with Gasteiger partial charge in [0.15, 0.2) is 0 Å². The Bertz CT molecular complexity index is 324. The summed E-state index contributed by atoms with van der Waals surface area (Å²) in [5, 5.41) is 0. The molecule has 1 aromatic rings. The highest BCUT2D eigenvalue weighted by atomic mass is 16.5. The second kappa shape index (κ2) is 6.51. The second-order valence-corrected chi connectivity index (χ2v) is 4.26. The predicted molar refractivity (Wildman–Crippen MR) is 65.4 cm³/mol. The van der Waals surface area contributed by atoms with Crippen LogP contribution >= 0.6 is 0 Å². The van der Waals surface area contributed by atoms with E-state index in [4.69, 9.17) is 15.2 Å². The van der Waals surface area contributed by atoms with Crippen molar-refractivity contribution in [2.24, 2.45) is 11.7 Å². The summed E-state index contributed by atoms with van der Waals surface area (Å²) in [6.45, 7) is 6.17. The molecule has 0 aliphatic heterocycles. The third-order valence-electron chi connectivity index (χ3n) is 2.29. The van der Waals surface area contributed by atoms with E-state index in [1.54, 1.807) is 7.11 Å². The smallest absolute Gasteiger partial charge is 0.123 e. The van der Waals surface area contributed by atoms with Crippen molar-refractivity contribution in [1.29, 1.82) is 0 Å². The molecule has 90 valence electrons. The molecule has 0 aliphatic carbocycles. The van der Waals surface area contributed by atoms with Crippen molar-refractivity contribution in [3.05, 3.63) is 29.3 Å². The van der Waals surface area contributed by atoms with Crippen LogP contribution in [0.4, 0.5) is 0 Å². The molecule has 1 aromatic carbocycles. The predicted octanol–water partition coefficient (Wildman–Crippen LogP) is 2.33. The molecule has 2 N–H and O–H groups in total. The van der Waals surface area contributed by atoms with Crippen LogP contribution in [0.1, 0.15) is 25.0 Å².